The molecule has 1 aliphatic heterocycles. The average molecular weight is 239 g/mol. The lowest BCUT2D eigenvalue weighted by atomic mass is 9.83. The quantitative estimate of drug-likeness (QED) is 0.637. The van der Waals surface area contributed by atoms with E-state index < -0.39 is 0 Å². The van der Waals surface area contributed by atoms with E-state index in [1.165, 1.54) is 25.8 Å². The number of carbonyl (C=O) groups is 1. The fourth-order valence-electron chi connectivity index (χ4n) is 2.79. The van der Waals surface area contributed by atoms with Gasteiger partial charge in [-0.1, -0.05) is 6.92 Å². The Bertz CT molecular complexity index is 245. The molecule has 1 saturated carbocycles. The van der Waals surface area contributed by atoms with Crippen molar-refractivity contribution in [2.45, 2.75) is 39.0 Å². The summed E-state index contributed by atoms with van der Waals surface area (Å²) in [4.78, 5) is 13.9. The lowest BCUT2D eigenvalue weighted by Crippen LogP contribution is -2.45. The zero-order valence-corrected chi connectivity index (χ0v) is 11.0. The number of hydrogen-bond acceptors (Lipinski definition) is 3. The van der Waals surface area contributed by atoms with Gasteiger partial charge in [-0.3, -0.25) is 0 Å². The van der Waals surface area contributed by atoms with E-state index in [-0.39, 0.29) is 5.41 Å². The fourth-order valence-corrected chi connectivity index (χ4v) is 2.79. The Morgan fingerprint density at radius 3 is 2.82 bits per heavy atom. The molecule has 2 fully saturated rings. The van der Waals surface area contributed by atoms with Gasteiger partial charge in [0.1, 0.15) is 6.29 Å². The predicted octanol–water partition coefficient (Wildman–Crippen LogP) is 2.10. The van der Waals surface area contributed by atoms with Crippen molar-refractivity contribution in [3.63, 3.8) is 0 Å². The SMILES string of the molecule is CCCN(CC1CC1)CC1(C=O)CCCOC1. The van der Waals surface area contributed by atoms with Crippen molar-refractivity contribution in [3.8, 4) is 0 Å². The summed E-state index contributed by atoms with van der Waals surface area (Å²) in [6.07, 6.45) is 7.11. The third-order valence-corrected chi connectivity index (χ3v) is 3.89. The van der Waals surface area contributed by atoms with Gasteiger partial charge in [-0.05, 0) is 44.6 Å². The Morgan fingerprint density at radius 1 is 1.47 bits per heavy atom. The summed E-state index contributed by atoms with van der Waals surface area (Å²) >= 11 is 0. The van der Waals surface area contributed by atoms with Crippen LogP contribution in [0.5, 0.6) is 0 Å². The van der Waals surface area contributed by atoms with Gasteiger partial charge in [-0.15, -0.1) is 0 Å². The lowest BCUT2D eigenvalue weighted by molar-refractivity contribution is -0.125. The summed E-state index contributed by atoms with van der Waals surface area (Å²) in [5, 5.41) is 0. The molecule has 0 radical (unpaired) electrons. The predicted molar refractivity (Wildman–Crippen MR) is 68.0 cm³/mol. The van der Waals surface area contributed by atoms with Crippen LogP contribution in [-0.4, -0.2) is 44.0 Å². The van der Waals surface area contributed by atoms with Gasteiger partial charge in [0.05, 0.1) is 12.0 Å². The van der Waals surface area contributed by atoms with Crippen LogP contribution in [0.2, 0.25) is 0 Å². The van der Waals surface area contributed by atoms with E-state index in [1.54, 1.807) is 0 Å². The Kier molecular flexibility index (Phi) is 4.57. The van der Waals surface area contributed by atoms with Crippen LogP contribution in [0.1, 0.15) is 39.0 Å². The maximum Gasteiger partial charge on any atom is 0.129 e. The van der Waals surface area contributed by atoms with Gasteiger partial charge >= 0.3 is 0 Å². The fraction of sp³-hybridized carbons (Fsp3) is 0.929. The molecule has 3 nitrogen and oxygen atoms in total. The summed E-state index contributed by atoms with van der Waals surface area (Å²) in [7, 11) is 0. The number of rotatable bonds is 7. The minimum absolute atomic E-state index is 0.220. The second-order valence-electron chi connectivity index (χ2n) is 5.81. The number of carbonyl (C=O) groups excluding carboxylic acids is 1. The van der Waals surface area contributed by atoms with Crippen LogP contribution in [0.25, 0.3) is 0 Å². The van der Waals surface area contributed by atoms with Crippen molar-refractivity contribution in [2.24, 2.45) is 11.3 Å². The molecule has 1 aliphatic carbocycles. The van der Waals surface area contributed by atoms with Crippen molar-refractivity contribution < 1.29 is 9.53 Å². The van der Waals surface area contributed by atoms with Gasteiger partial charge in [-0.2, -0.15) is 0 Å². The molecule has 1 saturated heterocycles. The highest BCUT2D eigenvalue weighted by Crippen LogP contribution is 2.32. The normalized spacial score (nSPS) is 29.5. The molecule has 0 aromatic heterocycles. The van der Waals surface area contributed by atoms with Crippen molar-refractivity contribution in [2.75, 3.05) is 32.8 Å². The molecule has 0 N–H and O–H groups in total. The second kappa shape index (κ2) is 5.96. The third kappa shape index (κ3) is 3.78. The van der Waals surface area contributed by atoms with E-state index in [2.05, 4.69) is 11.8 Å². The molecule has 98 valence electrons. The molecular weight excluding hydrogens is 214 g/mol. The van der Waals surface area contributed by atoms with Crippen LogP contribution < -0.4 is 0 Å². The number of nitrogens with zero attached hydrogens (tertiary/aromatic N) is 1. The average Bonchev–Trinajstić information content (AvgIpc) is 3.14. The molecule has 3 heteroatoms. The van der Waals surface area contributed by atoms with Crippen LogP contribution >= 0.6 is 0 Å². The van der Waals surface area contributed by atoms with Crippen LogP contribution in [-0.2, 0) is 9.53 Å². The van der Waals surface area contributed by atoms with E-state index in [4.69, 9.17) is 4.74 Å². The summed E-state index contributed by atoms with van der Waals surface area (Å²) in [5.41, 5.74) is -0.220. The van der Waals surface area contributed by atoms with Crippen LogP contribution in [0.3, 0.4) is 0 Å². The maximum atomic E-state index is 11.4. The molecule has 1 unspecified atom stereocenters. The molecular formula is C14H25NO2. The first-order valence-corrected chi connectivity index (χ1v) is 7.04. The largest absolute Gasteiger partial charge is 0.380 e. The van der Waals surface area contributed by atoms with E-state index in [1.807, 2.05) is 0 Å². The minimum atomic E-state index is -0.220. The molecule has 0 aromatic rings. The smallest absolute Gasteiger partial charge is 0.129 e. The summed E-state index contributed by atoms with van der Waals surface area (Å²) in [6.45, 7) is 6.87. The van der Waals surface area contributed by atoms with Crippen LogP contribution in [0.15, 0.2) is 0 Å². The first-order chi connectivity index (χ1) is 8.28. The molecule has 0 amide bonds. The van der Waals surface area contributed by atoms with Gasteiger partial charge in [0.25, 0.3) is 0 Å². The molecule has 0 aromatic carbocycles. The monoisotopic (exact) mass is 239 g/mol. The van der Waals surface area contributed by atoms with E-state index in [0.29, 0.717) is 6.61 Å². The Balaban J connectivity index is 1.90. The van der Waals surface area contributed by atoms with Crippen molar-refractivity contribution >= 4 is 6.29 Å². The lowest BCUT2D eigenvalue weighted by Gasteiger charge is -2.36. The Morgan fingerprint density at radius 2 is 2.29 bits per heavy atom. The van der Waals surface area contributed by atoms with Crippen LogP contribution in [0, 0.1) is 11.3 Å². The molecule has 1 heterocycles. The number of ether oxygens (including phenoxy) is 1. The molecule has 2 rings (SSSR count). The Hall–Kier alpha value is -0.410. The highest BCUT2D eigenvalue weighted by Gasteiger charge is 2.35. The highest BCUT2D eigenvalue weighted by molar-refractivity contribution is 5.60. The number of hydrogen-bond donors (Lipinski definition) is 0. The van der Waals surface area contributed by atoms with E-state index >= 15 is 0 Å². The minimum Gasteiger partial charge on any atom is -0.380 e. The van der Waals surface area contributed by atoms with Gasteiger partial charge in [0.15, 0.2) is 0 Å². The van der Waals surface area contributed by atoms with Gasteiger partial charge in [0.2, 0.25) is 0 Å². The summed E-state index contributed by atoms with van der Waals surface area (Å²) in [6, 6.07) is 0. The molecule has 0 spiro atoms. The topological polar surface area (TPSA) is 29.5 Å². The molecule has 2 aliphatic rings. The highest BCUT2D eigenvalue weighted by atomic mass is 16.5. The standard InChI is InChI=1S/C14H25NO2/c1-2-7-15(9-13-4-5-13)10-14(11-16)6-3-8-17-12-14/h11,13H,2-10,12H2,1H3. The first-order valence-electron chi connectivity index (χ1n) is 7.04. The summed E-state index contributed by atoms with van der Waals surface area (Å²) < 4.78 is 5.52. The first kappa shape index (κ1) is 13.0. The second-order valence-corrected chi connectivity index (χ2v) is 5.81. The zero-order valence-electron chi connectivity index (χ0n) is 11.0. The van der Waals surface area contributed by atoms with Crippen LogP contribution in [0.4, 0.5) is 0 Å². The zero-order chi connectivity index (χ0) is 12.1. The van der Waals surface area contributed by atoms with Crippen molar-refractivity contribution in [1.82, 2.24) is 4.90 Å². The summed E-state index contributed by atoms with van der Waals surface area (Å²) in [5.74, 6) is 0.898. The van der Waals surface area contributed by atoms with Gasteiger partial charge in [0, 0.05) is 19.7 Å². The van der Waals surface area contributed by atoms with E-state index in [9.17, 15) is 4.79 Å². The molecule has 0 bridgehead atoms. The number of aldehydes is 1. The Labute approximate surface area is 105 Å². The third-order valence-electron chi connectivity index (χ3n) is 3.89. The van der Waals surface area contributed by atoms with Gasteiger partial charge < -0.3 is 14.4 Å². The molecule has 1 atom stereocenters. The van der Waals surface area contributed by atoms with Gasteiger partial charge in [-0.25, -0.2) is 0 Å². The van der Waals surface area contributed by atoms with Crippen molar-refractivity contribution in [3.05, 3.63) is 0 Å². The van der Waals surface area contributed by atoms with Crippen molar-refractivity contribution in [1.29, 1.82) is 0 Å². The molecule has 17 heavy (non-hydrogen) atoms. The maximum absolute atomic E-state index is 11.4. The van der Waals surface area contributed by atoms with E-state index in [0.717, 1.165) is 44.7 Å².